The third-order valence-corrected chi connectivity index (χ3v) is 5.13. The number of benzene rings is 2. The number of hydrogen-bond acceptors (Lipinski definition) is 3. The standard InChI is InChI=1S/C21H23FN2O3/c1-14-17(13-24-11-9-16(10-12-24)21(26)27)3-2-4-19(14)23-20(25)15-5-7-18(22)8-6-15/h2-8,16H,9-13H2,1H3,(H,23,25)(H,26,27). The summed E-state index contributed by atoms with van der Waals surface area (Å²) in [5.74, 6) is -1.62. The molecule has 1 aliphatic heterocycles. The first-order valence-electron chi connectivity index (χ1n) is 9.04. The number of carbonyl (C=O) groups is 2. The number of halogens is 1. The van der Waals surface area contributed by atoms with Crippen LogP contribution >= 0.6 is 0 Å². The first-order chi connectivity index (χ1) is 12.9. The number of piperidine rings is 1. The number of aliphatic carboxylic acids is 1. The van der Waals surface area contributed by atoms with Crippen LogP contribution in [0.3, 0.4) is 0 Å². The van der Waals surface area contributed by atoms with Gasteiger partial charge in [0.05, 0.1) is 5.92 Å². The van der Waals surface area contributed by atoms with Gasteiger partial charge >= 0.3 is 5.97 Å². The topological polar surface area (TPSA) is 69.6 Å². The number of carbonyl (C=O) groups excluding carboxylic acids is 1. The minimum absolute atomic E-state index is 0.247. The van der Waals surface area contributed by atoms with E-state index in [1.807, 2.05) is 25.1 Å². The third kappa shape index (κ3) is 4.71. The van der Waals surface area contributed by atoms with E-state index >= 15 is 0 Å². The van der Waals surface area contributed by atoms with Crippen LogP contribution in [0.4, 0.5) is 10.1 Å². The molecule has 0 aliphatic carbocycles. The molecule has 27 heavy (non-hydrogen) atoms. The van der Waals surface area contributed by atoms with Crippen molar-refractivity contribution in [2.24, 2.45) is 5.92 Å². The highest BCUT2D eigenvalue weighted by Gasteiger charge is 2.24. The van der Waals surface area contributed by atoms with E-state index in [4.69, 9.17) is 5.11 Å². The van der Waals surface area contributed by atoms with Gasteiger partial charge < -0.3 is 10.4 Å². The maximum Gasteiger partial charge on any atom is 0.306 e. The second-order valence-corrected chi connectivity index (χ2v) is 6.94. The van der Waals surface area contributed by atoms with Crippen LogP contribution in [0.5, 0.6) is 0 Å². The Morgan fingerprint density at radius 1 is 1.15 bits per heavy atom. The number of carboxylic acids is 1. The monoisotopic (exact) mass is 370 g/mol. The molecule has 6 heteroatoms. The van der Waals surface area contributed by atoms with E-state index in [1.54, 1.807) is 0 Å². The predicted molar refractivity (Wildman–Crippen MR) is 101 cm³/mol. The average molecular weight is 370 g/mol. The molecule has 1 heterocycles. The molecule has 0 bridgehead atoms. The molecule has 0 spiro atoms. The van der Waals surface area contributed by atoms with Crippen LogP contribution in [0.2, 0.25) is 0 Å². The van der Waals surface area contributed by atoms with Crippen LogP contribution in [-0.2, 0) is 11.3 Å². The van der Waals surface area contributed by atoms with Gasteiger partial charge in [-0.3, -0.25) is 14.5 Å². The Labute approximate surface area is 157 Å². The second kappa shape index (κ2) is 8.31. The summed E-state index contributed by atoms with van der Waals surface area (Å²) in [5.41, 5.74) is 3.20. The molecule has 1 aliphatic rings. The summed E-state index contributed by atoms with van der Waals surface area (Å²) in [7, 11) is 0. The fraction of sp³-hybridized carbons (Fsp3) is 0.333. The van der Waals surface area contributed by atoms with Crippen molar-refractivity contribution in [3.63, 3.8) is 0 Å². The Morgan fingerprint density at radius 3 is 2.44 bits per heavy atom. The minimum atomic E-state index is -0.712. The molecule has 0 atom stereocenters. The average Bonchev–Trinajstić information content (AvgIpc) is 2.66. The zero-order chi connectivity index (χ0) is 19.4. The molecule has 142 valence electrons. The van der Waals surface area contributed by atoms with E-state index in [2.05, 4.69) is 10.2 Å². The molecule has 0 unspecified atom stereocenters. The van der Waals surface area contributed by atoms with Gasteiger partial charge in [-0.2, -0.15) is 0 Å². The maximum atomic E-state index is 13.0. The van der Waals surface area contributed by atoms with Crippen molar-refractivity contribution in [2.75, 3.05) is 18.4 Å². The van der Waals surface area contributed by atoms with Crippen LogP contribution in [0.25, 0.3) is 0 Å². The smallest absolute Gasteiger partial charge is 0.306 e. The second-order valence-electron chi connectivity index (χ2n) is 6.94. The van der Waals surface area contributed by atoms with E-state index in [-0.39, 0.29) is 17.6 Å². The number of nitrogens with one attached hydrogen (secondary N) is 1. The van der Waals surface area contributed by atoms with Crippen LogP contribution in [0.1, 0.15) is 34.3 Å². The number of nitrogens with zero attached hydrogens (tertiary/aromatic N) is 1. The van der Waals surface area contributed by atoms with Crippen molar-refractivity contribution in [1.29, 1.82) is 0 Å². The summed E-state index contributed by atoms with van der Waals surface area (Å²) in [6.45, 7) is 4.18. The van der Waals surface area contributed by atoms with Gasteiger partial charge in [-0.1, -0.05) is 12.1 Å². The Bertz CT molecular complexity index is 828. The predicted octanol–water partition coefficient (Wildman–Crippen LogP) is 3.68. The highest BCUT2D eigenvalue weighted by Crippen LogP contribution is 2.24. The highest BCUT2D eigenvalue weighted by molar-refractivity contribution is 6.04. The Hall–Kier alpha value is -2.73. The van der Waals surface area contributed by atoms with Crippen molar-refractivity contribution in [3.05, 3.63) is 65.0 Å². The Balaban J connectivity index is 1.66. The molecule has 0 aromatic heterocycles. The van der Waals surface area contributed by atoms with Gasteiger partial charge in [-0.25, -0.2) is 4.39 Å². The lowest BCUT2D eigenvalue weighted by Gasteiger charge is -2.30. The highest BCUT2D eigenvalue weighted by atomic mass is 19.1. The quantitative estimate of drug-likeness (QED) is 0.842. The van der Waals surface area contributed by atoms with Crippen molar-refractivity contribution >= 4 is 17.6 Å². The SMILES string of the molecule is Cc1c(CN2CCC(C(=O)O)CC2)cccc1NC(=O)c1ccc(F)cc1. The van der Waals surface area contributed by atoms with Gasteiger partial charge in [0.25, 0.3) is 5.91 Å². The lowest BCUT2D eigenvalue weighted by atomic mass is 9.96. The number of anilines is 1. The van der Waals surface area contributed by atoms with E-state index in [9.17, 15) is 14.0 Å². The number of rotatable bonds is 5. The van der Waals surface area contributed by atoms with Crippen molar-refractivity contribution in [2.45, 2.75) is 26.3 Å². The van der Waals surface area contributed by atoms with Gasteiger partial charge in [0.2, 0.25) is 0 Å². The van der Waals surface area contributed by atoms with Crippen LogP contribution in [0, 0.1) is 18.7 Å². The van der Waals surface area contributed by atoms with Gasteiger partial charge in [-0.15, -0.1) is 0 Å². The Morgan fingerprint density at radius 2 is 1.81 bits per heavy atom. The summed E-state index contributed by atoms with van der Waals surface area (Å²) in [4.78, 5) is 25.7. The molecule has 1 amide bonds. The molecular weight excluding hydrogens is 347 g/mol. The van der Waals surface area contributed by atoms with E-state index in [0.29, 0.717) is 18.4 Å². The molecule has 1 fully saturated rings. The third-order valence-electron chi connectivity index (χ3n) is 5.13. The van der Waals surface area contributed by atoms with E-state index in [0.717, 1.165) is 36.4 Å². The summed E-state index contributed by atoms with van der Waals surface area (Å²) < 4.78 is 13.0. The first kappa shape index (κ1) is 19.0. The van der Waals surface area contributed by atoms with Crippen molar-refractivity contribution < 1.29 is 19.1 Å². The first-order valence-corrected chi connectivity index (χ1v) is 9.04. The van der Waals surface area contributed by atoms with E-state index < -0.39 is 5.97 Å². The number of amides is 1. The minimum Gasteiger partial charge on any atom is -0.481 e. The largest absolute Gasteiger partial charge is 0.481 e. The van der Waals surface area contributed by atoms with Gasteiger partial charge in [0.15, 0.2) is 0 Å². The lowest BCUT2D eigenvalue weighted by Crippen LogP contribution is -2.36. The molecular formula is C21H23FN2O3. The molecule has 0 radical (unpaired) electrons. The molecule has 1 saturated heterocycles. The van der Waals surface area contributed by atoms with Gasteiger partial charge in [0, 0.05) is 17.8 Å². The van der Waals surface area contributed by atoms with Crippen molar-refractivity contribution in [3.8, 4) is 0 Å². The summed E-state index contributed by atoms with van der Waals surface area (Å²) >= 11 is 0. The van der Waals surface area contributed by atoms with E-state index in [1.165, 1.54) is 24.3 Å². The lowest BCUT2D eigenvalue weighted by molar-refractivity contribution is -0.143. The molecule has 2 aromatic carbocycles. The fourth-order valence-corrected chi connectivity index (χ4v) is 3.36. The Kier molecular flexibility index (Phi) is 5.86. The zero-order valence-corrected chi connectivity index (χ0v) is 15.2. The number of likely N-dealkylation sites (tertiary alicyclic amines) is 1. The van der Waals surface area contributed by atoms with Gasteiger partial charge in [0.1, 0.15) is 5.82 Å². The molecule has 0 saturated carbocycles. The van der Waals surface area contributed by atoms with Crippen LogP contribution in [-0.4, -0.2) is 35.0 Å². The maximum absolute atomic E-state index is 13.0. The molecule has 3 rings (SSSR count). The summed E-state index contributed by atoms with van der Waals surface area (Å²) in [6.07, 6.45) is 1.32. The summed E-state index contributed by atoms with van der Waals surface area (Å²) in [5, 5.41) is 12.0. The fourth-order valence-electron chi connectivity index (χ4n) is 3.36. The van der Waals surface area contributed by atoms with Crippen LogP contribution in [0.15, 0.2) is 42.5 Å². The van der Waals surface area contributed by atoms with Crippen LogP contribution < -0.4 is 5.32 Å². The molecule has 2 N–H and O–H groups in total. The normalized spacial score (nSPS) is 15.5. The molecule has 5 nitrogen and oxygen atoms in total. The number of hydrogen-bond donors (Lipinski definition) is 2. The van der Waals surface area contributed by atoms with Gasteiger partial charge in [-0.05, 0) is 74.3 Å². The van der Waals surface area contributed by atoms with Crippen molar-refractivity contribution in [1.82, 2.24) is 4.90 Å². The molecule has 2 aromatic rings. The number of carboxylic acid groups (broad SMARTS) is 1. The zero-order valence-electron chi connectivity index (χ0n) is 15.2. The summed E-state index contributed by atoms with van der Waals surface area (Å²) in [6, 6.07) is 11.2.